The Hall–Kier alpha value is -10.7. The quantitative estimate of drug-likeness (QED) is 0.0319. The Kier molecular flexibility index (Phi) is 71.1. The zero-order chi connectivity index (χ0) is 112. The van der Waals surface area contributed by atoms with E-state index in [9.17, 15) is 24.0 Å². The fourth-order valence-corrected chi connectivity index (χ4v) is 15.9. The number of halogens is 2. The Labute approximate surface area is 917 Å². The number of ether oxygens (including phenoxy) is 2. The Balaban J connectivity index is 0.000000820. The van der Waals surface area contributed by atoms with Gasteiger partial charge in [-0.3, -0.25) is 4.79 Å². The maximum Gasteiger partial charge on any atom is 0.337 e. The summed E-state index contributed by atoms with van der Waals surface area (Å²) in [6.07, 6.45) is 25.8. The van der Waals surface area contributed by atoms with Crippen LogP contribution >= 0.6 is 23.2 Å². The summed E-state index contributed by atoms with van der Waals surface area (Å²) in [5.74, 6) is 5.46. The molecule has 10 nitrogen and oxygen atoms in total. The average Bonchev–Trinajstić information content (AvgIpc) is 0.878. The molecule has 0 saturated heterocycles. The summed E-state index contributed by atoms with van der Waals surface area (Å²) in [4.78, 5) is 54.5. The molecule has 0 aromatic heterocycles. The van der Waals surface area contributed by atoms with Crippen LogP contribution in [0, 0.1) is 127 Å². The predicted molar refractivity (Wildman–Crippen MR) is 643 cm³/mol. The first-order valence-electron chi connectivity index (χ1n) is 55.3. The molecule has 11 aromatic rings. The summed E-state index contributed by atoms with van der Waals surface area (Å²) in [5.41, 5.74) is 34.9. The van der Waals surface area contributed by atoms with Gasteiger partial charge in [0.1, 0.15) is 0 Å². The number of carboxylic acids is 2. The minimum atomic E-state index is -0.938. The van der Waals surface area contributed by atoms with Gasteiger partial charge in [0.25, 0.3) is 0 Å². The minimum absolute atomic E-state index is 0.244. The van der Waals surface area contributed by atoms with Gasteiger partial charge in [0, 0.05) is 15.6 Å². The molecule has 1 amide bonds. The van der Waals surface area contributed by atoms with Crippen LogP contribution < -0.4 is 5.73 Å². The van der Waals surface area contributed by atoms with Crippen LogP contribution in [0.1, 0.15) is 386 Å². The fourth-order valence-electron chi connectivity index (χ4n) is 15.3. The van der Waals surface area contributed by atoms with Gasteiger partial charge in [0.2, 0.25) is 5.91 Å². The van der Waals surface area contributed by atoms with Gasteiger partial charge >= 0.3 is 23.9 Å². The van der Waals surface area contributed by atoms with Crippen molar-refractivity contribution >= 4 is 53.0 Å². The van der Waals surface area contributed by atoms with E-state index in [1.165, 1.54) is 205 Å². The number of carbonyl (C=O) groups excluding carboxylic acids is 3. The van der Waals surface area contributed by atoms with Crippen molar-refractivity contribution in [3.05, 3.63) is 386 Å². The molecule has 0 aliphatic carbocycles. The number of hydrogen-bond donors (Lipinski definition) is 3. The minimum Gasteiger partial charge on any atom is -0.478 e. The monoisotopic (exact) mass is 2070 g/mol. The molecule has 0 atom stereocenters. The average molecular weight is 2070 g/mol. The first-order chi connectivity index (χ1) is 70.2. The second-order valence-electron chi connectivity index (χ2n) is 45.1. The Morgan fingerprint density at radius 2 is 0.523 bits per heavy atom. The van der Waals surface area contributed by atoms with Crippen molar-refractivity contribution in [2.24, 2.45) is 70.8 Å². The number of primary amides is 1. The summed E-state index contributed by atoms with van der Waals surface area (Å²) in [5, 5.41) is 18.6. The number of carboxylic acid groups (broad SMARTS) is 2. The summed E-state index contributed by atoms with van der Waals surface area (Å²) < 4.78 is 9.27. The normalized spacial score (nSPS) is 10.6. The van der Waals surface area contributed by atoms with Crippen molar-refractivity contribution in [1.29, 1.82) is 0 Å². The number of benzene rings is 11. The molecule has 11 rings (SSSR count). The van der Waals surface area contributed by atoms with Gasteiger partial charge in [0.05, 0.1) is 36.5 Å². The molecule has 4 N–H and O–H groups in total. The van der Waals surface area contributed by atoms with Gasteiger partial charge in [-0.05, 0) is 418 Å². The smallest absolute Gasteiger partial charge is 0.337 e. The number of amides is 1. The van der Waals surface area contributed by atoms with E-state index in [2.05, 4.69) is 352 Å². The molecule has 11 aromatic carbocycles. The van der Waals surface area contributed by atoms with Crippen LogP contribution in [0.5, 0.6) is 0 Å². The molecule has 0 radical (unpaired) electrons. The molecule has 0 spiro atoms. The first kappa shape index (κ1) is 136. The SMILES string of the molecule is CC(C)CCc1ccc(C(=O)O)cc1.CC(C)CCc1ccc(C(=O)O)cc1Cl.CC(C)CCc1ccc(C(N)=O)cc1.COC(=O)c1ccc(CCC(C)C)c(Cl)c1.COC(=O)c1ccc(CCC(C)C)cc1.Cc1cc(C)cc(CCC(C)C)c1.Cc1ccc(CCC(C)C)cc1.Cc1ccc(CCC(C)C)cc1C.Cc1cccc(C)c1CCC(C)C.Cc1cccc(CCC(C)C)c1.Cc1ccccc1CCC(C)C. The van der Waals surface area contributed by atoms with E-state index in [1.807, 2.05) is 54.6 Å². The van der Waals surface area contributed by atoms with Crippen LogP contribution in [0.2, 0.25) is 10.0 Å². The lowest BCUT2D eigenvalue weighted by Crippen LogP contribution is -2.10. The molecule has 0 fully saturated rings. The molecule has 0 saturated carbocycles. The lowest BCUT2D eigenvalue weighted by atomic mass is 9.95. The Bertz CT molecular complexity index is 5410. The molecule has 12 heteroatoms. The lowest BCUT2D eigenvalue weighted by molar-refractivity contribution is 0.0592. The lowest BCUT2D eigenvalue weighted by Gasteiger charge is -2.10. The van der Waals surface area contributed by atoms with Gasteiger partial charge < -0.3 is 25.4 Å². The zero-order valence-corrected chi connectivity index (χ0v) is 100. The zero-order valence-electron chi connectivity index (χ0n) is 98.5. The van der Waals surface area contributed by atoms with Crippen LogP contribution in [0.4, 0.5) is 0 Å². The van der Waals surface area contributed by atoms with Gasteiger partial charge in [-0.1, -0.05) is 374 Å². The number of carbonyl (C=O) groups is 5. The molecule has 0 unspecified atom stereocenters. The van der Waals surface area contributed by atoms with E-state index in [1.54, 1.807) is 54.1 Å². The highest BCUT2D eigenvalue weighted by atomic mass is 35.5. The third kappa shape index (κ3) is 66.6. The molecule has 0 bridgehead atoms. The van der Waals surface area contributed by atoms with Crippen molar-refractivity contribution in [3.8, 4) is 0 Å². The molecule has 149 heavy (non-hydrogen) atoms. The van der Waals surface area contributed by atoms with Gasteiger partial charge in [-0.25, -0.2) is 19.2 Å². The number of aryl methyl sites for hydroxylation is 19. The number of rotatable bonds is 38. The number of methoxy groups -OCH3 is 2. The maximum atomic E-state index is 11.3. The van der Waals surface area contributed by atoms with E-state index in [-0.39, 0.29) is 23.4 Å². The van der Waals surface area contributed by atoms with Gasteiger partial charge in [-0.2, -0.15) is 0 Å². The van der Waals surface area contributed by atoms with Crippen molar-refractivity contribution < 1.29 is 43.7 Å². The van der Waals surface area contributed by atoms with Crippen LogP contribution in [-0.2, 0) is 80.1 Å². The van der Waals surface area contributed by atoms with E-state index in [0.717, 1.165) is 98.0 Å². The fraction of sp³-hybridized carbons (Fsp3) is 0.482. The van der Waals surface area contributed by atoms with Crippen molar-refractivity contribution in [3.63, 3.8) is 0 Å². The number of nitrogens with two attached hydrogens (primary N) is 1. The molecule has 0 heterocycles. The van der Waals surface area contributed by atoms with E-state index < -0.39 is 11.9 Å². The van der Waals surface area contributed by atoms with Crippen LogP contribution in [-0.4, -0.2) is 54.2 Å². The predicted octanol–water partition coefficient (Wildman–Crippen LogP) is 38.2. The molecule has 0 aliphatic rings. The first-order valence-corrected chi connectivity index (χ1v) is 56.1. The second-order valence-corrected chi connectivity index (χ2v) is 45.9. The third-order valence-corrected chi connectivity index (χ3v) is 26.3. The van der Waals surface area contributed by atoms with Crippen molar-refractivity contribution in [1.82, 2.24) is 0 Å². The second kappa shape index (κ2) is 77.6. The van der Waals surface area contributed by atoms with E-state index in [4.69, 9.17) is 39.1 Å². The highest BCUT2D eigenvalue weighted by molar-refractivity contribution is 6.32. The van der Waals surface area contributed by atoms with E-state index >= 15 is 0 Å². The van der Waals surface area contributed by atoms with Crippen LogP contribution in [0.25, 0.3) is 0 Å². The highest BCUT2D eigenvalue weighted by Crippen LogP contribution is 2.27. The Morgan fingerprint density at radius 3 is 0.879 bits per heavy atom. The highest BCUT2D eigenvalue weighted by Gasteiger charge is 2.14. The summed E-state index contributed by atoms with van der Waals surface area (Å²) in [7, 11) is 2.76. The topological polar surface area (TPSA) is 170 Å². The molecule has 0 aliphatic heterocycles. The summed E-state index contributed by atoms with van der Waals surface area (Å²) in [6, 6.07) is 79.0. The largest absolute Gasteiger partial charge is 0.478 e. The molecular weight excluding hydrogens is 1870 g/mol. The number of hydrogen-bond acceptors (Lipinski definition) is 7. The van der Waals surface area contributed by atoms with Crippen LogP contribution in [0.15, 0.2) is 237 Å². The Morgan fingerprint density at radius 1 is 0.235 bits per heavy atom. The van der Waals surface area contributed by atoms with Gasteiger partial charge in [-0.15, -0.1) is 0 Å². The van der Waals surface area contributed by atoms with Crippen molar-refractivity contribution in [2.75, 3.05) is 14.2 Å². The molecular formula is C137H197Cl2NO9. The molecule has 818 valence electrons. The summed E-state index contributed by atoms with van der Waals surface area (Å²) in [6.45, 7) is 68.8. The third-order valence-electron chi connectivity index (χ3n) is 25.6. The summed E-state index contributed by atoms with van der Waals surface area (Å²) >= 11 is 12.1. The van der Waals surface area contributed by atoms with Crippen LogP contribution in [0.3, 0.4) is 0 Å². The van der Waals surface area contributed by atoms with Crippen molar-refractivity contribution in [2.45, 2.75) is 356 Å². The van der Waals surface area contributed by atoms with E-state index in [0.29, 0.717) is 61.9 Å². The number of aromatic carboxylic acids is 2. The maximum absolute atomic E-state index is 11.3. The standard InChI is InChI=1S/C13H17ClO2.C13H18O2.3C13H20.C12H15ClO2.C12H17NO.C12H16O2.3C12H18/c1-9(2)4-5-10-6-7-11(8-12(10)14)13(15)16-3;1-10(2)4-5-11-6-8-12(9-7-11)13(14)15-3;1-10(2)5-7-13-8-6-11(3)12(4)9-13;1-10(2)5-6-13-8-11(3)7-12(4)9-13;1-10(2)8-9-13-11(3)6-5-7-12(13)4;1-8(2)3-4-9-5-6-10(12(14)15)7-11(9)13;2*1-9(2)3-4-10-5-7-11(8-6-10)12(13)14;1-10(2)4-7-12-8-5-11(3)6-9-12;1-10(2)7-8-12-6-4-5-11(3)9-12;1-10(2)8-9-12-7-5-4-6-11(12)3/h6-9H,4-5H2,1-3H3;6-10H,4-5H2,1-3H3;6,8-10H,5,7H2,1-4H3;7-10H,5-6H2,1-4H3;5-7,10H,8-9H2,1-4H3;5-8H,3-4H2,1-2H3,(H,14,15);5-9H,3-4H2,1-2H3,(H2,13,14);5-9H,3-4H2,1-2H3,(H,13,14);5-6,8-10H,4,7H2,1-3H3;4-6,9-10H,7-8H2,1-3H3;4-7,10H,8-9H2,1-3H3. The number of esters is 2. The van der Waals surface area contributed by atoms with Gasteiger partial charge in [0.15, 0.2) is 0 Å².